The van der Waals surface area contributed by atoms with Crippen LogP contribution in [0.5, 0.6) is 0 Å². The van der Waals surface area contributed by atoms with Crippen molar-refractivity contribution in [2.75, 3.05) is 0 Å². The zero-order valence-corrected chi connectivity index (χ0v) is 17.1. The van der Waals surface area contributed by atoms with Crippen LogP contribution in [0.1, 0.15) is 28.4 Å². The molecule has 1 aromatic heterocycles. The molecule has 0 aliphatic heterocycles. The van der Waals surface area contributed by atoms with Gasteiger partial charge in [0.1, 0.15) is 5.69 Å². The van der Waals surface area contributed by atoms with Gasteiger partial charge in [0.25, 0.3) is 11.5 Å². The predicted octanol–water partition coefficient (Wildman–Crippen LogP) is 4.32. The third kappa shape index (κ3) is 3.74. The second-order valence-electron chi connectivity index (χ2n) is 7.19. The molecule has 0 aliphatic rings. The molecule has 5 heteroatoms. The number of carbonyl (C=O) groups is 1. The smallest absolute Gasteiger partial charge is 0.277 e. The molecular formula is C25H23N3O2. The normalized spacial score (nSPS) is 10.9. The minimum atomic E-state index is -0.151. The third-order valence-electron chi connectivity index (χ3n) is 5.29. The van der Waals surface area contributed by atoms with Crippen molar-refractivity contribution in [3.8, 4) is 11.3 Å². The molecule has 0 atom stereocenters. The first-order valence-electron chi connectivity index (χ1n) is 10.0. The Morgan fingerprint density at radius 2 is 1.67 bits per heavy atom. The van der Waals surface area contributed by atoms with E-state index in [9.17, 15) is 9.59 Å². The molecule has 150 valence electrons. The van der Waals surface area contributed by atoms with Crippen molar-refractivity contribution in [1.82, 2.24) is 14.9 Å². The van der Waals surface area contributed by atoms with Gasteiger partial charge in [-0.05, 0) is 49.2 Å². The van der Waals surface area contributed by atoms with Crippen LogP contribution in [0, 0.1) is 6.92 Å². The molecule has 4 aromatic rings. The van der Waals surface area contributed by atoms with E-state index in [0.29, 0.717) is 29.9 Å². The van der Waals surface area contributed by atoms with Crippen LogP contribution < -0.4 is 10.9 Å². The first-order valence-corrected chi connectivity index (χ1v) is 10.0. The van der Waals surface area contributed by atoms with E-state index in [-0.39, 0.29) is 11.5 Å². The number of hydrogen-bond donors (Lipinski definition) is 1. The van der Waals surface area contributed by atoms with E-state index in [1.807, 2.05) is 62.4 Å². The average Bonchev–Trinajstić information content (AvgIpc) is 2.78. The second-order valence-corrected chi connectivity index (χ2v) is 7.19. The van der Waals surface area contributed by atoms with Gasteiger partial charge >= 0.3 is 0 Å². The van der Waals surface area contributed by atoms with Crippen LogP contribution >= 0.6 is 0 Å². The number of amides is 1. The first-order chi connectivity index (χ1) is 14.6. The van der Waals surface area contributed by atoms with Crippen molar-refractivity contribution in [2.45, 2.75) is 26.9 Å². The number of hydrogen-bond acceptors (Lipinski definition) is 3. The molecule has 5 nitrogen and oxygen atoms in total. The number of nitrogens with zero attached hydrogens (tertiary/aromatic N) is 2. The fraction of sp³-hybridized carbons (Fsp3) is 0.160. The summed E-state index contributed by atoms with van der Waals surface area (Å²) in [6.45, 7) is 5.00. The molecule has 1 heterocycles. The fourth-order valence-corrected chi connectivity index (χ4v) is 3.56. The summed E-state index contributed by atoms with van der Waals surface area (Å²) >= 11 is 0. The number of carbonyl (C=O) groups excluding carboxylic acids is 1. The van der Waals surface area contributed by atoms with Gasteiger partial charge in [0.2, 0.25) is 0 Å². The van der Waals surface area contributed by atoms with E-state index in [1.54, 1.807) is 28.8 Å². The molecule has 0 unspecified atom stereocenters. The summed E-state index contributed by atoms with van der Waals surface area (Å²) in [5.41, 5.74) is 5.32. The maximum Gasteiger partial charge on any atom is 0.277 e. The van der Waals surface area contributed by atoms with Crippen molar-refractivity contribution in [3.05, 3.63) is 99.8 Å². The highest BCUT2D eigenvalue weighted by Gasteiger charge is 2.13. The van der Waals surface area contributed by atoms with Crippen molar-refractivity contribution in [3.63, 3.8) is 0 Å². The van der Waals surface area contributed by atoms with Crippen molar-refractivity contribution in [2.24, 2.45) is 0 Å². The lowest BCUT2D eigenvalue weighted by atomic mass is 10.1. The number of para-hydroxylation sites is 2. The van der Waals surface area contributed by atoms with E-state index in [2.05, 4.69) is 10.3 Å². The van der Waals surface area contributed by atoms with Crippen LogP contribution in [0.15, 0.2) is 77.6 Å². The second kappa shape index (κ2) is 8.33. The molecule has 0 aliphatic carbocycles. The molecule has 0 radical (unpaired) electrons. The summed E-state index contributed by atoms with van der Waals surface area (Å²) in [4.78, 5) is 30.1. The Morgan fingerprint density at radius 1 is 0.967 bits per heavy atom. The van der Waals surface area contributed by atoms with Crippen LogP contribution in [0.25, 0.3) is 22.3 Å². The Labute approximate surface area is 175 Å². The number of benzene rings is 3. The van der Waals surface area contributed by atoms with E-state index < -0.39 is 0 Å². The summed E-state index contributed by atoms with van der Waals surface area (Å²) in [7, 11) is 0. The van der Waals surface area contributed by atoms with Crippen LogP contribution in [0.2, 0.25) is 0 Å². The number of aromatic nitrogens is 2. The van der Waals surface area contributed by atoms with Crippen LogP contribution in [0.4, 0.5) is 0 Å². The Balaban J connectivity index is 1.59. The standard InChI is InChI=1S/C25H23N3O2/c1-3-28-22-11-7-6-10-21(22)27-23(25(28)30)18-12-14-19(15-13-18)24(29)26-16-20-9-5-4-8-17(20)2/h4-15H,3,16H2,1-2H3,(H,26,29). The fourth-order valence-electron chi connectivity index (χ4n) is 3.56. The molecular weight excluding hydrogens is 374 g/mol. The van der Waals surface area contributed by atoms with Crippen LogP contribution in [-0.2, 0) is 13.1 Å². The highest BCUT2D eigenvalue weighted by atomic mass is 16.1. The number of rotatable bonds is 5. The minimum absolute atomic E-state index is 0.132. The number of fused-ring (bicyclic) bond motifs is 1. The summed E-state index contributed by atoms with van der Waals surface area (Å²) < 4.78 is 1.72. The number of nitrogens with one attached hydrogen (secondary N) is 1. The zero-order chi connectivity index (χ0) is 21.1. The predicted molar refractivity (Wildman–Crippen MR) is 119 cm³/mol. The molecule has 4 rings (SSSR count). The molecule has 30 heavy (non-hydrogen) atoms. The quantitative estimate of drug-likeness (QED) is 0.545. The van der Waals surface area contributed by atoms with Crippen LogP contribution in [-0.4, -0.2) is 15.5 Å². The van der Waals surface area contributed by atoms with Gasteiger partial charge in [-0.3, -0.25) is 9.59 Å². The van der Waals surface area contributed by atoms with Gasteiger partial charge in [0.05, 0.1) is 11.0 Å². The number of aryl methyl sites for hydroxylation is 2. The Hall–Kier alpha value is -3.73. The molecule has 3 aromatic carbocycles. The lowest BCUT2D eigenvalue weighted by Gasteiger charge is -2.11. The molecule has 0 saturated heterocycles. The van der Waals surface area contributed by atoms with E-state index in [4.69, 9.17) is 0 Å². The molecule has 0 fully saturated rings. The van der Waals surface area contributed by atoms with E-state index in [1.165, 1.54) is 0 Å². The molecule has 0 bridgehead atoms. The molecule has 1 amide bonds. The topological polar surface area (TPSA) is 64.0 Å². The average molecular weight is 397 g/mol. The van der Waals surface area contributed by atoms with Crippen LogP contribution in [0.3, 0.4) is 0 Å². The molecule has 0 saturated carbocycles. The Bertz CT molecular complexity index is 1270. The van der Waals surface area contributed by atoms with E-state index >= 15 is 0 Å². The lowest BCUT2D eigenvalue weighted by molar-refractivity contribution is 0.0951. The van der Waals surface area contributed by atoms with Gasteiger partial charge < -0.3 is 9.88 Å². The lowest BCUT2D eigenvalue weighted by Crippen LogP contribution is -2.24. The Morgan fingerprint density at radius 3 is 2.40 bits per heavy atom. The van der Waals surface area contributed by atoms with Gasteiger partial charge in [0, 0.05) is 24.2 Å². The summed E-state index contributed by atoms with van der Waals surface area (Å²) in [6, 6.07) is 22.6. The first kappa shape index (κ1) is 19.6. The molecule has 0 spiro atoms. The van der Waals surface area contributed by atoms with Gasteiger partial charge in [-0.2, -0.15) is 0 Å². The zero-order valence-electron chi connectivity index (χ0n) is 17.1. The van der Waals surface area contributed by atoms with Crippen molar-refractivity contribution in [1.29, 1.82) is 0 Å². The molecule has 1 N–H and O–H groups in total. The van der Waals surface area contributed by atoms with Gasteiger partial charge in [0.15, 0.2) is 0 Å². The van der Waals surface area contributed by atoms with Gasteiger partial charge in [-0.25, -0.2) is 4.98 Å². The highest BCUT2D eigenvalue weighted by molar-refractivity contribution is 5.94. The third-order valence-corrected chi connectivity index (χ3v) is 5.29. The summed E-state index contributed by atoms with van der Waals surface area (Å²) in [5.74, 6) is -0.151. The maximum absolute atomic E-state index is 12.9. The van der Waals surface area contributed by atoms with Crippen molar-refractivity contribution >= 4 is 16.9 Å². The largest absolute Gasteiger partial charge is 0.348 e. The van der Waals surface area contributed by atoms with Crippen molar-refractivity contribution < 1.29 is 4.79 Å². The monoisotopic (exact) mass is 397 g/mol. The van der Waals surface area contributed by atoms with E-state index in [0.717, 1.165) is 22.2 Å². The Kier molecular flexibility index (Phi) is 5.44. The summed E-state index contributed by atoms with van der Waals surface area (Å²) in [6.07, 6.45) is 0. The summed E-state index contributed by atoms with van der Waals surface area (Å²) in [5, 5.41) is 2.95. The SMILES string of the molecule is CCn1c(=O)c(-c2ccc(C(=O)NCc3ccccc3C)cc2)nc2ccccc21. The maximum atomic E-state index is 12.9. The minimum Gasteiger partial charge on any atom is -0.348 e. The van der Waals surface area contributed by atoms with Gasteiger partial charge in [-0.15, -0.1) is 0 Å². The highest BCUT2D eigenvalue weighted by Crippen LogP contribution is 2.18. The van der Waals surface area contributed by atoms with Gasteiger partial charge in [-0.1, -0.05) is 48.5 Å².